The third-order valence-electron chi connectivity index (χ3n) is 2.60. The van der Waals surface area contributed by atoms with Crippen molar-refractivity contribution in [2.24, 2.45) is 0 Å². The minimum Gasteiger partial charge on any atom is -0.384 e. The van der Waals surface area contributed by atoms with Crippen molar-refractivity contribution in [2.45, 2.75) is 11.0 Å². The van der Waals surface area contributed by atoms with Crippen LogP contribution in [0.3, 0.4) is 0 Å². The van der Waals surface area contributed by atoms with Gasteiger partial charge in [-0.25, -0.2) is 0 Å². The van der Waals surface area contributed by atoms with Crippen LogP contribution in [0, 0.1) is 0 Å². The van der Waals surface area contributed by atoms with Gasteiger partial charge < -0.3 is 5.11 Å². The summed E-state index contributed by atoms with van der Waals surface area (Å²) in [4.78, 5) is 1.20. The van der Waals surface area contributed by atoms with E-state index in [1.54, 1.807) is 11.8 Å². The number of benzene rings is 2. The van der Waals surface area contributed by atoms with Crippen LogP contribution < -0.4 is 0 Å². The second-order valence-electron chi connectivity index (χ2n) is 3.73. The Bertz CT molecular complexity index is 496. The molecular formula is C14H13BrOS. The molecule has 0 spiro atoms. The Morgan fingerprint density at radius 1 is 1.06 bits per heavy atom. The quantitative estimate of drug-likeness (QED) is 0.855. The number of halogens is 1. The van der Waals surface area contributed by atoms with Gasteiger partial charge in [0.05, 0.1) is 0 Å². The van der Waals surface area contributed by atoms with Crippen LogP contribution >= 0.6 is 27.7 Å². The lowest BCUT2D eigenvalue weighted by molar-refractivity contribution is 0.220. The van der Waals surface area contributed by atoms with Gasteiger partial charge in [0.25, 0.3) is 0 Å². The summed E-state index contributed by atoms with van der Waals surface area (Å²) in [7, 11) is 0. The van der Waals surface area contributed by atoms with Gasteiger partial charge in [-0.15, -0.1) is 11.8 Å². The number of hydrogen-bond donors (Lipinski definition) is 1. The molecule has 0 saturated heterocycles. The second kappa shape index (κ2) is 5.71. The average Bonchev–Trinajstić information content (AvgIpc) is 2.38. The predicted octanol–water partition coefficient (Wildman–Crippen LogP) is 4.25. The molecule has 0 bridgehead atoms. The summed E-state index contributed by atoms with van der Waals surface area (Å²) >= 11 is 5.11. The van der Waals surface area contributed by atoms with Crippen molar-refractivity contribution in [3.8, 4) is 0 Å². The summed E-state index contributed by atoms with van der Waals surface area (Å²) in [6.45, 7) is 0. The molecule has 1 nitrogen and oxygen atoms in total. The molecule has 2 rings (SSSR count). The number of aliphatic hydroxyl groups excluding tert-OH is 1. The molecule has 1 N–H and O–H groups in total. The van der Waals surface area contributed by atoms with E-state index in [-0.39, 0.29) is 0 Å². The topological polar surface area (TPSA) is 20.2 Å². The highest BCUT2D eigenvalue weighted by molar-refractivity contribution is 9.10. The van der Waals surface area contributed by atoms with E-state index >= 15 is 0 Å². The van der Waals surface area contributed by atoms with Gasteiger partial charge in [0.1, 0.15) is 6.10 Å². The van der Waals surface area contributed by atoms with Crippen LogP contribution in [0.2, 0.25) is 0 Å². The first kappa shape index (κ1) is 12.7. The van der Waals surface area contributed by atoms with Crippen molar-refractivity contribution in [3.63, 3.8) is 0 Å². The van der Waals surface area contributed by atoms with E-state index in [4.69, 9.17) is 0 Å². The summed E-state index contributed by atoms with van der Waals surface area (Å²) in [6, 6.07) is 15.7. The SMILES string of the molecule is CSc1ccc([C@H](O)c2cccc(Br)c2)cc1. The Morgan fingerprint density at radius 2 is 1.76 bits per heavy atom. The van der Waals surface area contributed by atoms with E-state index in [1.165, 1.54) is 4.90 Å². The van der Waals surface area contributed by atoms with Crippen LogP contribution in [-0.4, -0.2) is 11.4 Å². The fraction of sp³-hybridized carbons (Fsp3) is 0.143. The molecular weight excluding hydrogens is 296 g/mol. The first-order chi connectivity index (χ1) is 8.20. The first-order valence-corrected chi connectivity index (χ1v) is 7.30. The summed E-state index contributed by atoms with van der Waals surface area (Å²) in [6.07, 6.45) is 1.48. The maximum atomic E-state index is 10.3. The van der Waals surface area contributed by atoms with Crippen molar-refractivity contribution in [1.29, 1.82) is 0 Å². The highest BCUT2D eigenvalue weighted by atomic mass is 79.9. The van der Waals surface area contributed by atoms with Gasteiger partial charge in [-0.2, -0.15) is 0 Å². The lowest BCUT2D eigenvalue weighted by atomic mass is 10.0. The molecule has 0 aromatic heterocycles. The van der Waals surface area contributed by atoms with Crippen LogP contribution in [0.15, 0.2) is 57.9 Å². The number of rotatable bonds is 3. The number of hydrogen-bond acceptors (Lipinski definition) is 2. The molecule has 0 amide bonds. The summed E-state index contributed by atoms with van der Waals surface area (Å²) in [5.41, 5.74) is 1.82. The van der Waals surface area contributed by atoms with E-state index in [0.717, 1.165) is 15.6 Å². The van der Waals surface area contributed by atoms with Crippen LogP contribution in [-0.2, 0) is 0 Å². The Labute approximate surface area is 114 Å². The smallest absolute Gasteiger partial charge is 0.104 e. The van der Waals surface area contributed by atoms with Gasteiger partial charge in [-0.3, -0.25) is 0 Å². The van der Waals surface area contributed by atoms with Gasteiger partial charge in [0.2, 0.25) is 0 Å². The number of thioether (sulfide) groups is 1. The maximum absolute atomic E-state index is 10.3. The molecule has 1 atom stereocenters. The third kappa shape index (κ3) is 3.12. The van der Waals surface area contributed by atoms with Gasteiger partial charge in [0.15, 0.2) is 0 Å². The molecule has 88 valence electrons. The highest BCUT2D eigenvalue weighted by Crippen LogP contribution is 2.25. The summed E-state index contributed by atoms with van der Waals surface area (Å²) in [5.74, 6) is 0. The van der Waals surface area contributed by atoms with Crippen LogP contribution in [0.4, 0.5) is 0 Å². The van der Waals surface area contributed by atoms with E-state index in [9.17, 15) is 5.11 Å². The molecule has 0 unspecified atom stereocenters. The monoisotopic (exact) mass is 308 g/mol. The molecule has 17 heavy (non-hydrogen) atoms. The lowest BCUT2D eigenvalue weighted by Crippen LogP contribution is -1.99. The zero-order chi connectivity index (χ0) is 12.3. The lowest BCUT2D eigenvalue weighted by Gasteiger charge is -2.12. The minimum atomic E-state index is -0.566. The molecule has 2 aromatic rings. The molecule has 0 saturated carbocycles. The van der Waals surface area contributed by atoms with Crippen LogP contribution in [0.5, 0.6) is 0 Å². The molecule has 0 fully saturated rings. The van der Waals surface area contributed by atoms with Crippen molar-refractivity contribution in [1.82, 2.24) is 0 Å². The third-order valence-corrected chi connectivity index (χ3v) is 3.83. The van der Waals surface area contributed by atoms with E-state index in [0.29, 0.717) is 0 Å². The fourth-order valence-corrected chi connectivity index (χ4v) is 2.48. The fourth-order valence-electron chi connectivity index (χ4n) is 1.66. The molecule has 0 aliphatic carbocycles. The summed E-state index contributed by atoms with van der Waals surface area (Å²) < 4.78 is 0.981. The zero-order valence-corrected chi connectivity index (χ0v) is 11.8. The van der Waals surface area contributed by atoms with Crippen LogP contribution in [0.1, 0.15) is 17.2 Å². The molecule has 0 heterocycles. The Morgan fingerprint density at radius 3 is 2.35 bits per heavy atom. The standard InChI is InChI=1S/C14H13BrOS/c1-17-13-7-5-10(6-8-13)14(16)11-3-2-4-12(15)9-11/h2-9,14,16H,1H3/t14-/m0/s1. The molecule has 0 radical (unpaired) electrons. The average molecular weight is 309 g/mol. The van der Waals surface area contributed by atoms with Gasteiger partial charge in [-0.05, 0) is 41.6 Å². The van der Waals surface area contributed by atoms with E-state index in [2.05, 4.69) is 15.9 Å². The zero-order valence-electron chi connectivity index (χ0n) is 9.43. The van der Waals surface area contributed by atoms with Gasteiger partial charge in [0, 0.05) is 9.37 Å². The molecule has 0 aliphatic heterocycles. The summed E-state index contributed by atoms with van der Waals surface area (Å²) in [5, 5.41) is 10.3. The normalized spacial score (nSPS) is 12.4. The Hall–Kier alpha value is -0.770. The predicted molar refractivity (Wildman–Crippen MR) is 76.4 cm³/mol. The Kier molecular flexibility index (Phi) is 4.26. The van der Waals surface area contributed by atoms with Crippen molar-refractivity contribution in [3.05, 3.63) is 64.1 Å². The van der Waals surface area contributed by atoms with Crippen LogP contribution in [0.25, 0.3) is 0 Å². The van der Waals surface area contributed by atoms with E-state index in [1.807, 2.05) is 54.8 Å². The minimum absolute atomic E-state index is 0.566. The molecule has 2 aromatic carbocycles. The largest absolute Gasteiger partial charge is 0.384 e. The van der Waals surface area contributed by atoms with Crippen molar-refractivity contribution in [2.75, 3.05) is 6.26 Å². The first-order valence-electron chi connectivity index (χ1n) is 5.28. The highest BCUT2D eigenvalue weighted by Gasteiger charge is 2.10. The maximum Gasteiger partial charge on any atom is 0.104 e. The van der Waals surface area contributed by atoms with Gasteiger partial charge in [-0.1, -0.05) is 40.2 Å². The van der Waals surface area contributed by atoms with E-state index < -0.39 is 6.10 Å². The molecule has 0 aliphatic rings. The van der Waals surface area contributed by atoms with Gasteiger partial charge >= 0.3 is 0 Å². The molecule has 3 heteroatoms. The number of aliphatic hydroxyl groups is 1. The van der Waals surface area contributed by atoms with Crippen molar-refractivity contribution >= 4 is 27.7 Å². The second-order valence-corrected chi connectivity index (χ2v) is 5.53. The van der Waals surface area contributed by atoms with Crippen molar-refractivity contribution < 1.29 is 5.11 Å². The Balaban J connectivity index is 2.27.